The predicted molar refractivity (Wildman–Crippen MR) is 48.7 cm³/mol. The largest absolute Gasteiger partial charge is 0.467 e. The van der Waals surface area contributed by atoms with Crippen LogP contribution in [0, 0.1) is 0 Å². The normalized spacial score (nSPS) is 9.14. The highest BCUT2D eigenvalue weighted by molar-refractivity contribution is 5.72. The van der Waals surface area contributed by atoms with E-state index in [0.717, 1.165) is 0 Å². The smallest absolute Gasteiger partial charge is 0.314 e. The van der Waals surface area contributed by atoms with Crippen molar-refractivity contribution in [3.8, 4) is 5.75 Å². The Kier molecular flexibility index (Phi) is 4.20. The molecule has 0 radical (unpaired) electrons. The van der Waals surface area contributed by atoms with Gasteiger partial charge in [-0.25, -0.2) is 0 Å². The van der Waals surface area contributed by atoms with Crippen molar-refractivity contribution in [3.63, 3.8) is 0 Å². The van der Waals surface area contributed by atoms with Crippen LogP contribution < -0.4 is 4.74 Å². The Morgan fingerprint density at radius 1 is 1.29 bits per heavy atom. The summed E-state index contributed by atoms with van der Waals surface area (Å²) in [6.45, 7) is 0.352. The van der Waals surface area contributed by atoms with Gasteiger partial charge in [0.25, 0.3) is 6.47 Å². The summed E-state index contributed by atoms with van der Waals surface area (Å²) in [5, 5.41) is 0. The third kappa shape index (κ3) is 3.71. The van der Waals surface area contributed by atoms with Gasteiger partial charge in [-0.3, -0.25) is 9.59 Å². The first-order valence-electron chi connectivity index (χ1n) is 4.14. The van der Waals surface area contributed by atoms with Gasteiger partial charge in [-0.2, -0.15) is 0 Å². The zero-order chi connectivity index (χ0) is 10.2. The summed E-state index contributed by atoms with van der Waals surface area (Å²) < 4.78 is 9.29. The molecule has 0 spiro atoms. The second kappa shape index (κ2) is 5.75. The van der Waals surface area contributed by atoms with Crippen LogP contribution in [0.2, 0.25) is 0 Å². The molecular weight excluding hydrogens is 184 g/mol. The van der Waals surface area contributed by atoms with Crippen LogP contribution in [0.3, 0.4) is 0 Å². The molecule has 14 heavy (non-hydrogen) atoms. The second-order valence-electron chi connectivity index (χ2n) is 2.50. The van der Waals surface area contributed by atoms with E-state index >= 15 is 0 Å². The Labute approximate surface area is 81.4 Å². The van der Waals surface area contributed by atoms with Gasteiger partial charge in [0, 0.05) is 0 Å². The van der Waals surface area contributed by atoms with Crippen molar-refractivity contribution in [2.24, 2.45) is 0 Å². The molecule has 0 unspecified atom stereocenters. The maximum atomic E-state index is 11.1. The van der Waals surface area contributed by atoms with E-state index in [-0.39, 0.29) is 13.0 Å². The topological polar surface area (TPSA) is 52.6 Å². The minimum atomic E-state index is -0.418. The number of hydrogen-bond acceptors (Lipinski definition) is 4. The molecule has 0 aliphatic heterocycles. The van der Waals surface area contributed by atoms with Crippen LogP contribution in [0.25, 0.3) is 0 Å². The van der Waals surface area contributed by atoms with Gasteiger partial charge in [0.2, 0.25) is 0 Å². The minimum Gasteiger partial charge on any atom is -0.467 e. The SMILES string of the molecule is O=COCCC(=O)Oc1ccccc1. The van der Waals surface area contributed by atoms with Gasteiger partial charge >= 0.3 is 5.97 Å². The third-order valence-corrected chi connectivity index (χ3v) is 1.47. The summed E-state index contributed by atoms with van der Waals surface area (Å²) in [4.78, 5) is 20.8. The van der Waals surface area contributed by atoms with E-state index in [4.69, 9.17) is 4.74 Å². The minimum absolute atomic E-state index is 0.0508. The highest BCUT2D eigenvalue weighted by Crippen LogP contribution is 2.08. The Morgan fingerprint density at radius 2 is 2.00 bits per heavy atom. The fourth-order valence-corrected chi connectivity index (χ4v) is 0.861. The predicted octanol–water partition coefficient (Wildman–Crippen LogP) is 1.16. The van der Waals surface area contributed by atoms with Crippen molar-refractivity contribution in [1.29, 1.82) is 0 Å². The lowest BCUT2D eigenvalue weighted by molar-refractivity contribution is -0.137. The van der Waals surface area contributed by atoms with Gasteiger partial charge in [-0.05, 0) is 12.1 Å². The first-order chi connectivity index (χ1) is 6.83. The highest BCUT2D eigenvalue weighted by atomic mass is 16.5. The zero-order valence-electron chi connectivity index (χ0n) is 7.51. The van der Waals surface area contributed by atoms with Crippen LogP contribution >= 0.6 is 0 Å². The molecule has 0 N–H and O–H groups in total. The summed E-state index contributed by atoms with van der Waals surface area (Å²) in [6.07, 6.45) is 0.0631. The first-order valence-corrected chi connectivity index (χ1v) is 4.14. The van der Waals surface area contributed by atoms with Crippen molar-refractivity contribution in [3.05, 3.63) is 30.3 Å². The van der Waals surface area contributed by atoms with Crippen LogP contribution in [0.1, 0.15) is 6.42 Å². The Morgan fingerprint density at radius 3 is 2.64 bits per heavy atom. The number of benzene rings is 1. The van der Waals surface area contributed by atoms with Gasteiger partial charge in [-0.15, -0.1) is 0 Å². The van der Waals surface area contributed by atoms with Crippen molar-refractivity contribution in [2.45, 2.75) is 6.42 Å². The van der Waals surface area contributed by atoms with E-state index in [1.165, 1.54) is 0 Å². The quantitative estimate of drug-likeness (QED) is 0.305. The summed E-state index contributed by atoms with van der Waals surface area (Å²) in [7, 11) is 0. The molecule has 1 aromatic carbocycles. The van der Waals surface area contributed by atoms with Gasteiger partial charge in [0.1, 0.15) is 12.4 Å². The molecule has 0 aromatic heterocycles. The standard InChI is InChI=1S/C10H10O4/c11-8-13-7-6-10(12)14-9-4-2-1-3-5-9/h1-5,8H,6-7H2. The van der Waals surface area contributed by atoms with Crippen LogP contribution in [-0.4, -0.2) is 19.0 Å². The van der Waals surface area contributed by atoms with Crippen molar-refractivity contribution in [2.75, 3.05) is 6.61 Å². The average Bonchev–Trinajstić information content (AvgIpc) is 2.20. The van der Waals surface area contributed by atoms with Gasteiger partial charge < -0.3 is 9.47 Å². The monoisotopic (exact) mass is 194 g/mol. The molecular formula is C10H10O4. The summed E-state index contributed by atoms with van der Waals surface area (Å²) in [5.74, 6) is 0.0710. The number of carbonyl (C=O) groups excluding carboxylic acids is 2. The van der Waals surface area contributed by atoms with Crippen LogP contribution in [0.5, 0.6) is 5.75 Å². The Balaban J connectivity index is 2.31. The van der Waals surface area contributed by atoms with E-state index in [1.807, 2.05) is 6.07 Å². The lowest BCUT2D eigenvalue weighted by Gasteiger charge is -2.02. The molecule has 1 rings (SSSR count). The molecule has 4 heteroatoms. The van der Waals surface area contributed by atoms with E-state index in [9.17, 15) is 9.59 Å². The van der Waals surface area contributed by atoms with Crippen LogP contribution in [-0.2, 0) is 14.3 Å². The van der Waals surface area contributed by atoms with Crippen molar-refractivity contribution >= 4 is 12.4 Å². The van der Waals surface area contributed by atoms with Crippen LogP contribution in [0.4, 0.5) is 0 Å². The summed E-state index contributed by atoms with van der Waals surface area (Å²) in [5.41, 5.74) is 0. The fraction of sp³-hybridized carbons (Fsp3) is 0.200. The maximum absolute atomic E-state index is 11.1. The Hall–Kier alpha value is -1.84. The number of carbonyl (C=O) groups is 2. The highest BCUT2D eigenvalue weighted by Gasteiger charge is 2.03. The lowest BCUT2D eigenvalue weighted by atomic mass is 10.3. The van der Waals surface area contributed by atoms with E-state index in [0.29, 0.717) is 12.2 Å². The number of para-hydroxylation sites is 1. The lowest BCUT2D eigenvalue weighted by Crippen LogP contribution is -2.10. The van der Waals surface area contributed by atoms with Crippen molar-refractivity contribution < 1.29 is 19.1 Å². The maximum Gasteiger partial charge on any atom is 0.314 e. The molecule has 0 fully saturated rings. The van der Waals surface area contributed by atoms with Crippen molar-refractivity contribution in [1.82, 2.24) is 0 Å². The molecule has 0 saturated carbocycles. The summed E-state index contributed by atoms with van der Waals surface area (Å²) >= 11 is 0. The molecule has 1 aromatic rings. The number of hydrogen-bond donors (Lipinski definition) is 0. The number of rotatable bonds is 5. The first kappa shape index (κ1) is 10.2. The number of esters is 1. The third-order valence-electron chi connectivity index (χ3n) is 1.47. The summed E-state index contributed by atoms with van der Waals surface area (Å²) in [6, 6.07) is 8.72. The van der Waals surface area contributed by atoms with E-state index in [2.05, 4.69) is 4.74 Å². The molecule has 0 heterocycles. The zero-order valence-corrected chi connectivity index (χ0v) is 7.51. The second-order valence-corrected chi connectivity index (χ2v) is 2.50. The van der Waals surface area contributed by atoms with Gasteiger partial charge in [-0.1, -0.05) is 18.2 Å². The molecule has 0 atom stereocenters. The Bertz CT molecular complexity index is 294. The molecule has 74 valence electrons. The van der Waals surface area contributed by atoms with Crippen LogP contribution in [0.15, 0.2) is 30.3 Å². The molecule has 0 bridgehead atoms. The van der Waals surface area contributed by atoms with Gasteiger partial charge in [0.15, 0.2) is 0 Å². The van der Waals surface area contributed by atoms with Gasteiger partial charge in [0.05, 0.1) is 6.42 Å². The molecule has 4 nitrogen and oxygen atoms in total. The fourth-order valence-electron chi connectivity index (χ4n) is 0.861. The molecule has 0 amide bonds. The average molecular weight is 194 g/mol. The molecule has 0 aliphatic carbocycles. The molecule has 0 aliphatic rings. The molecule has 0 saturated heterocycles. The van der Waals surface area contributed by atoms with E-state index in [1.54, 1.807) is 24.3 Å². The van der Waals surface area contributed by atoms with E-state index < -0.39 is 5.97 Å². The number of ether oxygens (including phenoxy) is 2.